The van der Waals surface area contributed by atoms with Crippen LogP contribution < -0.4 is 5.32 Å². The average Bonchev–Trinajstić information content (AvgIpc) is 3.16. The zero-order valence-electron chi connectivity index (χ0n) is 13.9. The highest BCUT2D eigenvalue weighted by atomic mass is 79.9. The second-order valence-corrected chi connectivity index (χ2v) is 7.39. The van der Waals surface area contributed by atoms with E-state index in [0.717, 1.165) is 15.7 Å². The summed E-state index contributed by atoms with van der Waals surface area (Å²) < 4.78 is 4.34. The van der Waals surface area contributed by atoms with Crippen LogP contribution in [0, 0.1) is 6.92 Å². The summed E-state index contributed by atoms with van der Waals surface area (Å²) in [5.41, 5.74) is 1.68. The van der Waals surface area contributed by atoms with Gasteiger partial charge in [0.25, 0.3) is 0 Å². The smallest absolute Gasteiger partial charge is 0.227 e. The van der Waals surface area contributed by atoms with E-state index in [1.807, 2.05) is 13.1 Å². The van der Waals surface area contributed by atoms with Crippen molar-refractivity contribution in [2.75, 3.05) is 5.32 Å². The first-order chi connectivity index (χ1) is 12.4. The van der Waals surface area contributed by atoms with Gasteiger partial charge in [-0.15, -0.1) is 0 Å². The first kappa shape index (κ1) is 18.9. The third-order valence-electron chi connectivity index (χ3n) is 3.74. The number of carbonyl (C=O) groups is 1. The third-order valence-corrected chi connectivity index (χ3v) is 5.23. The number of aryl methyl sites for hydroxylation is 2. The molecule has 2 aromatic heterocycles. The molecule has 26 heavy (non-hydrogen) atoms. The minimum atomic E-state index is -0.129. The van der Waals surface area contributed by atoms with Crippen LogP contribution in [0.3, 0.4) is 0 Å². The highest BCUT2D eigenvalue weighted by Gasteiger charge is 2.10. The number of hydrogen-bond acceptors (Lipinski definition) is 3. The second kappa shape index (κ2) is 8.24. The first-order valence-electron chi connectivity index (χ1n) is 7.88. The van der Waals surface area contributed by atoms with E-state index >= 15 is 0 Å². The molecule has 1 aromatic carbocycles. The molecular formula is C17H16BrCl2N5O. The number of rotatable bonds is 6. The van der Waals surface area contributed by atoms with Crippen LogP contribution in [-0.2, 0) is 17.9 Å². The van der Waals surface area contributed by atoms with Crippen LogP contribution in [0.15, 0.2) is 41.1 Å². The van der Waals surface area contributed by atoms with Gasteiger partial charge in [-0.2, -0.15) is 10.2 Å². The van der Waals surface area contributed by atoms with E-state index in [0.29, 0.717) is 35.4 Å². The van der Waals surface area contributed by atoms with Gasteiger partial charge in [0.05, 0.1) is 16.7 Å². The van der Waals surface area contributed by atoms with E-state index in [-0.39, 0.29) is 5.91 Å². The lowest BCUT2D eigenvalue weighted by molar-refractivity contribution is -0.116. The molecule has 0 bridgehead atoms. The second-order valence-electron chi connectivity index (χ2n) is 5.72. The van der Waals surface area contributed by atoms with Gasteiger partial charge in [-0.05, 0) is 35.0 Å². The number of nitrogens with zero attached hydrogens (tertiary/aromatic N) is 4. The molecule has 0 saturated heterocycles. The van der Waals surface area contributed by atoms with Crippen molar-refractivity contribution in [2.24, 2.45) is 0 Å². The van der Waals surface area contributed by atoms with Crippen LogP contribution in [-0.4, -0.2) is 25.5 Å². The molecule has 0 aliphatic heterocycles. The molecule has 0 unspecified atom stereocenters. The molecule has 0 aliphatic carbocycles. The predicted molar refractivity (Wildman–Crippen MR) is 106 cm³/mol. The first-order valence-corrected chi connectivity index (χ1v) is 9.43. The maximum atomic E-state index is 12.1. The van der Waals surface area contributed by atoms with Gasteiger partial charge in [0.2, 0.25) is 5.91 Å². The number of amides is 1. The summed E-state index contributed by atoms with van der Waals surface area (Å²) in [7, 11) is 0. The van der Waals surface area contributed by atoms with Crippen molar-refractivity contribution in [3.63, 3.8) is 0 Å². The Balaban J connectivity index is 1.57. The number of anilines is 1. The van der Waals surface area contributed by atoms with E-state index in [1.165, 1.54) is 0 Å². The number of nitrogens with one attached hydrogen (secondary N) is 1. The monoisotopic (exact) mass is 455 g/mol. The molecule has 0 atom stereocenters. The Morgan fingerprint density at radius 1 is 1.19 bits per heavy atom. The lowest BCUT2D eigenvalue weighted by Crippen LogP contribution is -2.15. The van der Waals surface area contributed by atoms with Crippen molar-refractivity contribution < 1.29 is 4.79 Å². The van der Waals surface area contributed by atoms with Crippen LogP contribution in [0.2, 0.25) is 10.0 Å². The highest BCUT2D eigenvalue weighted by molar-refractivity contribution is 9.10. The molecular weight excluding hydrogens is 441 g/mol. The van der Waals surface area contributed by atoms with Crippen LogP contribution in [0.1, 0.15) is 17.7 Å². The molecule has 3 rings (SSSR count). The van der Waals surface area contributed by atoms with Gasteiger partial charge in [-0.1, -0.05) is 29.3 Å². The molecule has 1 N–H and O–H groups in total. The number of carbonyl (C=O) groups excluding carboxylic acids is 1. The molecule has 2 heterocycles. The predicted octanol–water partition coefficient (Wildman–Crippen LogP) is 4.53. The summed E-state index contributed by atoms with van der Waals surface area (Å²) in [5.74, 6) is 0.353. The molecule has 1 amide bonds. The molecule has 0 spiro atoms. The van der Waals surface area contributed by atoms with Gasteiger partial charge in [0.1, 0.15) is 0 Å². The van der Waals surface area contributed by atoms with Gasteiger partial charge >= 0.3 is 0 Å². The van der Waals surface area contributed by atoms with E-state index in [9.17, 15) is 4.79 Å². The Labute approximate surface area is 169 Å². The summed E-state index contributed by atoms with van der Waals surface area (Å²) in [5, 5.41) is 12.6. The van der Waals surface area contributed by atoms with E-state index < -0.39 is 0 Å². The topological polar surface area (TPSA) is 64.7 Å². The van der Waals surface area contributed by atoms with E-state index in [2.05, 4.69) is 31.4 Å². The van der Waals surface area contributed by atoms with E-state index in [4.69, 9.17) is 23.2 Å². The molecule has 136 valence electrons. The zero-order valence-corrected chi connectivity index (χ0v) is 17.0. The van der Waals surface area contributed by atoms with Crippen LogP contribution in [0.4, 0.5) is 5.82 Å². The molecule has 0 saturated carbocycles. The standard InChI is InChI=1S/C17H16BrCl2N5O/c1-11-13(18)10-25(22-11)8-6-17(26)21-16-5-7-24(23-16)9-12-14(19)3-2-4-15(12)20/h2-5,7,10H,6,8-9H2,1H3,(H,21,23,26). The molecule has 6 nitrogen and oxygen atoms in total. The van der Waals surface area contributed by atoms with Gasteiger partial charge in [-0.25, -0.2) is 0 Å². The third kappa shape index (κ3) is 4.66. The average molecular weight is 457 g/mol. The molecule has 9 heteroatoms. The van der Waals surface area contributed by atoms with Crippen molar-refractivity contribution >= 4 is 50.9 Å². The summed E-state index contributed by atoms with van der Waals surface area (Å²) in [4.78, 5) is 12.1. The van der Waals surface area contributed by atoms with Crippen molar-refractivity contribution in [2.45, 2.75) is 26.4 Å². The van der Waals surface area contributed by atoms with Gasteiger partial charge < -0.3 is 5.32 Å². The zero-order chi connectivity index (χ0) is 18.7. The van der Waals surface area contributed by atoms with Crippen LogP contribution in [0.25, 0.3) is 0 Å². The Hall–Kier alpha value is -1.83. The van der Waals surface area contributed by atoms with Crippen LogP contribution >= 0.6 is 39.1 Å². The Kier molecular flexibility index (Phi) is 6.01. The maximum Gasteiger partial charge on any atom is 0.227 e. The minimum absolute atomic E-state index is 0.129. The molecule has 0 fully saturated rings. The maximum absolute atomic E-state index is 12.1. The summed E-state index contributed by atoms with van der Waals surface area (Å²) >= 11 is 15.8. The number of aromatic nitrogens is 4. The number of benzene rings is 1. The SMILES string of the molecule is Cc1nn(CCC(=O)Nc2ccn(Cc3c(Cl)cccc3Cl)n2)cc1Br. The number of halogens is 3. The minimum Gasteiger partial charge on any atom is -0.309 e. The normalized spacial score (nSPS) is 10.9. The molecule has 3 aromatic rings. The van der Waals surface area contributed by atoms with E-state index in [1.54, 1.807) is 39.8 Å². The fourth-order valence-corrected chi connectivity index (χ4v) is 3.22. The van der Waals surface area contributed by atoms with Crippen molar-refractivity contribution in [1.82, 2.24) is 19.6 Å². The number of hydrogen-bond donors (Lipinski definition) is 1. The highest BCUT2D eigenvalue weighted by Crippen LogP contribution is 2.25. The largest absolute Gasteiger partial charge is 0.309 e. The Bertz CT molecular complexity index is 897. The molecule has 0 aliphatic rings. The lowest BCUT2D eigenvalue weighted by Gasteiger charge is -2.07. The summed E-state index contributed by atoms with van der Waals surface area (Å²) in [6.07, 6.45) is 3.92. The van der Waals surface area contributed by atoms with Crippen molar-refractivity contribution in [1.29, 1.82) is 0 Å². The summed E-state index contributed by atoms with van der Waals surface area (Å²) in [6.45, 7) is 2.82. The quantitative estimate of drug-likeness (QED) is 0.592. The van der Waals surface area contributed by atoms with Crippen molar-refractivity contribution in [3.05, 3.63) is 62.4 Å². The molecule has 0 radical (unpaired) electrons. The Morgan fingerprint density at radius 3 is 2.58 bits per heavy atom. The van der Waals surface area contributed by atoms with Gasteiger partial charge in [-0.3, -0.25) is 14.2 Å². The fourth-order valence-electron chi connectivity index (χ4n) is 2.39. The summed E-state index contributed by atoms with van der Waals surface area (Å²) in [6, 6.07) is 7.09. The fraction of sp³-hybridized carbons (Fsp3) is 0.235. The van der Waals surface area contributed by atoms with Gasteiger partial charge in [0.15, 0.2) is 5.82 Å². The van der Waals surface area contributed by atoms with Crippen molar-refractivity contribution in [3.8, 4) is 0 Å². The van der Waals surface area contributed by atoms with Crippen LogP contribution in [0.5, 0.6) is 0 Å². The Morgan fingerprint density at radius 2 is 1.92 bits per heavy atom. The lowest BCUT2D eigenvalue weighted by atomic mass is 10.2. The van der Waals surface area contributed by atoms with Gasteiger partial charge in [0, 0.05) is 47.0 Å².